The lowest BCUT2D eigenvalue weighted by atomic mass is 10.0. The molecule has 2 N–H and O–H groups in total. The van der Waals surface area contributed by atoms with Crippen molar-refractivity contribution in [1.82, 2.24) is 10.2 Å². The minimum atomic E-state index is -0.852. The number of carbonyl (C=O) groups excluding carboxylic acids is 3. The molecule has 1 heterocycles. The summed E-state index contributed by atoms with van der Waals surface area (Å²) in [4.78, 5) is 37.8. The zero-order valence-electron chi connectivity index (χ0n) is 15.4. The van der Waals surface area contributed by atoms with E-state index in [-0.39, 0.29) is 18.1 Å². The first-order valence-electron chi connectivity index (χ1n) is 8.73. The minimum Gasteiger partial charge on any atom is -0.508 e. The van der Waals surface area contributed by atoms with Crippen LogP contribution in [0.5, 0.6) is 5.75 Å². The third-order valence-corrected chi connectivity index (χ3v) is 4.10. The minimum absolute atomic E-state index is 0.122. The molecule has 0 spiro atoms. The summed E-state index contributed by atoms with van der Waals surface area (Å²) >= 11 is 0. The van der Waals surface area contributed by atoms with Gasteiger partial charge in [0.1, 0.15) is 23.7 Å². The zero-order valence-corrected chi connectivity index (χ0v) is 15.4. The van der Waals surface area contributed by atoms with E-state index in [1.807, 2.05) is 0 Å². The molecule has 0 unspecified atom stereocenters. The number of likely N-dealkylation sites (tertiary alicyclic amines) is 1. The van der Waals surface area contributed by atoms with Crippen LogP contribution in [0.4, 0.5) is 4.79 Å². The largest absolute Gasteiger partial charge is 0.508 e. The summed E-state index contributed by atoms with van der Waals surface area (Å²) in [7, 11) is 0. The molecule has 142 valence electrons. The van der Waals surface area contributed by atoms with Gasteiger partial charge in [-0.3, -0.25) is 4.79 Å². The van der Waals surface area contributed by atoms with Crippen LogP contribution < -0.4 is 5.32 Å². The molecule has 0 aromatic heterocycles. The molecule has 1 aliphatic rings. The van der Waals surface area contributed by atoms with E-state index in [0.29, 0.717) is 13.0 Å². The van der Waals surface area contributed by atoms with Crippen LogP contribution in [-0.2, 0) is 20.7 Å². The number of aromatic hydroxyl groups is 1. The summed E-state index contributed by atoms with van der Waals surface area (Å²) in [5.74, 6) is -0.184. The van der Waals surface area contributed by atoms with Gasteiger partial charge in [-0.15, -0.1) is 0 Å². The van der Waals surface area contributed by atoms with E-state index in [1.165, 1.54) is 17.0 Å². The summed E-state index contributed by atoms with van der Waals surface area (Å²) in [6.45, 7) is 5.72. The molecule has 2 amide bonds. The Kier molecular flexibility index (Phi) is 6.23. The molecule has 0 radical (unpaired) electrons. The predicted molar refractivity (Wildman–Crippen MR) is 95.8 cm³/mol. The monoisotopic (exact) mass is 362 g/mol. The highest BCUT2D eigenvalue weighted by Crippen LogP contribution is 2.19. The Morgan fingerprint density at radius 1 is 1.35 bits per heavy atom. The van der Waals surface area contributed by atoms with Gasteiger partial charge in [0, 0.05) is 13.0 Å². The Balaban J connectivity index is 2.16. The van der Waals surface area contributed by atoms with E-state index in [4.69, 9.17) is 4.74 Å². The highest BCUT2D eigenvalue weighted by atomic mass is 16.6. The van der Waals surface area contributed by atoms with Gasteiger partial charge in [-0.25, -0.2) is 4.79 Å². The Labute approximate surface area is 153 Å². The zero-order chi connectivity index (χ0) is 19.3. The standard InChI is InChI=1S/C19H26N2O5/c1-19(2,3)26-18(25)20-16(11-13-6-8-15(23)9-7-13)17(24)21-10-4-5-14(21)12-22/h6-9,12,14,16,23H,4-5,10-11H2,1-3H3,(H,20,25)/t14-,16-/m0/s1. The molecule has 7 nitrogen and oxygen atoms in total. The average Bonchev–Trinajstić information content (AvgIpc) is 3.02. The summed E-state index contributed by atoms with van der Waals surface area (Å²) < 4.78 is 5.26. The molecule has 1 aromatic carbocycles. The van der Waals surface area contributed by atoms with Crippen molar-refractivity contribution in [3.05, 3.63) is 29.8 Å². The molecular weight excluding hydrogens is 336 g/mol. The van der Waals surface area contributed by atoms with Gasteiger partial charge in [-0.1, -0.05) is 12.1 Å². The third kappa shape index (κ3) is 5.47. The van der Waals surface area contributed by atoms with Crippen molar-refractivity contribution in [3.8, 4) is 5.75 Å². The van der Waals surface area contributed by atoms with E-state index in [1.54, 1.807) is 32.9 Å². The maximum absolute atomic E-state index is 12.9. The van der Waals surface area contributed by atoms with Crippen molar-refractivity contribution in [3.63, 3.8) is 0 Å². The second-order valence-electron chi connectivity index (χ2n) is 7.45. The number of ether oxygens (including phenoxy) is 1. The van der Waals surface area contributed by atoms with E-state index < -0.39 is 23.8 Å². The average molecular weight is 362 g/mol. The summed E-state index contributed by atoms with van der Waals surface area (Å²) in [6.07, 6.45) is 1.72. The van der Waals surface area contributed by atoms with Crippen LogP contribution in [0.2, 0.25) is 0 Å². The molecule has 1 aromatic rings. The number of aldehydes is 1. The van der Waals surface area contributed by atoms with Crippen molar-refractivity contribution in [2.75, 3.05) is 6.54 Å². The molecule has 0 aliphatic carbocycles. The van der Waals surface area contributed by atoms with E-state index in [0.717, 1.165) is 18.3 Å². The predicted octanol–water partition coefficient (Wildman–Crippen LogP) is 2.02. The van der Waals surface area contributed by atoms with Gasteiger partial charge >= 0.3 is 6.09 Å². The van der Waals surface area contributed by atoms with E-state index >= 15 is 0 Å². The first-order valence-corrected chi connectivity index (χ1v) is 8.73. The maximum Gasteiger partial charge on any atom is 0.408 e. The van der Waals surface area contributed by atoms with Crippen LogP contribution >= 0.6 is 0 Å². The van der Waals surface area contributed by atoms with Crippen LogP contribution in [0.1, 0.15) is 39.2 Å². The van der Waals surface area contributed by atoms with E-state index in [9.17, 15) is 19.5 Å². The first-order chi connectivity index (χ1) is 12.2. The number of hydrogen-bond donors (Lipinski definition) is 2. The van der Waals surface area contributed by atoms with Gasteiger partial charge in [0.15, 0.2) is 0 Å². The number of amides is 2. The molecular formula is C19H26N2O5. The van der Waals surface area contributed by atoms with Crippen molar-refractivity contribution in [1.29, 1.82) is 0 Å². The number of alkyl carbamates (subject to hydrolysis) is 1. The first kappa shape index (κ1) is 19.8. The quantitative estimate of drug-likeness (QED) is 0.781. The van der Waals surface area contributed by atoms with Crippen LogP contribution in [0, 0.1) is 0 Å². The molecule has 2 atom stereocenters. The van der Waals surface area contributed by atoms with Crippen molar-refractivity contribution >= 4 is 18.3 Å². The lowest BCUT2D eigenvalue weighted by Crippen LogP contribution is -2.52. The van der Waals surface area contributed by atoms with Crippen molar-refractivity contribution in [2.24, 2.45) is 0 Å². The number of nitrogens with zero attached hydrogens (tertiary/aromatic N) is 1. The van der Waals surface area contributed by atoms with Crippen LogP contribution in [0.25, 0.3) is 0 Å². The van der Waals surface area contributed by atoms with E-state index in [2.05, 4.69) is 5.32 Å². The Morgan fingerprint density at radius 3 is 2.58 bits per heavy atom. The molecule has 1 saturated heterocycles. The van der Waals surface area contributed by atoms with Gasteiger partial charge in [0.05, 0.1) is 6.04 Å². The van der Waals surface area contributed by atoms with Gasteiger partial charge in [0.2, 0.25) is 5.91 Å². The normalized spacial score (nSPS) is 18.3. The summed E-state index contributed by atoms with van der Waals surface area (Å²) in [6, 6.07) is 5.12. The summed E-state index contributed by atoms with van der Waals surface area (Å²) in [5, 5.41) is 12.0. The molecule has 1 fully saturated rings. The summed E-state index contributed by atoms with van der Waals surface area (Å²) in [5.41, 5.74) is 0.0916. The fourth-order valence-electron chi connectivity index (χ4n) is 2.93. The van der Waals surface area contributed by atoms with Crippen LogP contribution in [0.15, 0.2) is 24.3 Å². The highest BCUT2D eigenvalue weighted by molar-refractivity contribution is 5.88. The topological polar surface area (TPSA) is 95.9 Å². The number of benzene rings is 1. The number of phenolic OH excluding ortho intramolecular Hbond substituents is 1. The van der Waals surface area contributed by atoms with Crippen LogP contribution in [0.3, 0.4) is 0 Å². The fourth-order valence-corrected chi connectivity index (χ4v) is 2.93. The second-order valence-corrected chi connectivity index (χ2v) is 7.45. The molecule has 26 heavy (non-hydrogen) atoms. The number of nitrogens with one attached hydrogen (secondary N) is 1. The fraction of sp³-hybridized carbons (Fsp3) is 0.526. The molecule has 0 bridgehead atoms. The second kappa shape index (κ2) is 8.21. The molecule has 1 aliphatic heterocycles. The Morgan fingerprint density at radius 2 is 2.00 bits per heavy atom. The Hall–Kier alpha value is -2.57. The smallest absolute Gasteiger partial charge is 0.408 e. The van der Waals surface area contributed by atoms with Gasteiger partial charge in [-0.2, -0.15) is 0 Å². The molecule has 7 heteroatoms. The van der Waals surface area contributed by atoms with Crippen molar-refractivity contribution < 1.29 is 24.2 Å². The lowest BCUT2D eigenvalue weighted by molar-refractivity contribution is -0.136. The van der Waals surface area contributed by atoms with Gasteiger partial charge < -0.3 is 24.9 Å². The maximum atomic E-state index is 12.9. The number of hydrogen-bond acceptors (Lipinski definition) is 5. The number of rotatable bonds is 5. The SMILES string of the molecule is CC(C)(C)OC(=O)N[C@@H](Cc1ccc(O)cc1)C(=O)N1CCC[C@H]1C=O. The number of carbonyl (C=O) groups is 3. The molecule has 0 saturated carbocycles. The third-order valence-electron chi connectivity index (χ3n) is 4.10. The molecule has 2 rings (SSSR count). The van der Waals surface area contributed by atoms with Gasteiger partial charge in [-0.05, 0) is 51.3 Å². The highest BCUT2D eigenvalue weighted by Gasteiger charge is 2.34. The van der Waals surface area contributed by atoms with Gasteiger partial charge in [0.25, 0.3) is 0 Å². The van der Waals surface area contributed by atoms with Crippen LogP contribution in [-0.4, -0.2) is 52.5 Å². The Bertz CT molecular complexity index is 651. The number of phenols is 1. The van der Waals surface area contributed by atoms with Crippen molar-refractivity contribution in [2.45, 2.75) is 57.7 Å². The lowest BCUT2D eigenvalue weighted by Gasteiger charge is -2.28.